The first-order valence-electron chi connectivity index (χ1n) is 8.77. The monoisotopic (exact) mass is 380 g/mol. The molecule has 3 N–H and O–H groups in total. The summed E-state index contributed by atoms with van der Waals surface area (Å²) < 4.78 is 5.43. The fourth-order valence-electron chi connectivity index (χ4n) is 4.10. The van der Waals surface area contributed by atoms with Crippen molar-refractivity contribution < 1.29 is 34.2 Å². The Morgan fingerprint density at radius 1 is 1.33 bits per heavy atom. The summed E-state index contributed by atoms with van der Waals surface area (Å²) in [6.45, 7) is 6.23. The number of carboxylic acids is 1. The lowest BCUT2D eigenvalue weighted by Gasteiger charge is -2.33. The molecule has 148 valence electrons. The summed E-state index contributed by atoms with van der Waals surface area (Å²) in [7, 11) is 0. The van der Waals surface area contributed by atoms with Gasteiger partial charge in [0.25, 0.3) is 0 Å². The number of hydrogen-bond acceptors (Lipinski definition) is 8. The van der Waals surface area contributed by atoms with Crippen LogP contribution in [0.4, 0.5) is 0 Å². The third kappa shape index (κ3) is 3.21. The molecule has 2 aliphatic heterocycles. The van der Waals surface area contributed by atoms with Crippen molar-refractivity contribution in [2.75, 3.05) is 0 Å². The second kappa shape index (κ2) is 6.35. The summed E-state index contributed by atoms with van der Waals surface area (Å²) in [5.74, 6) is -7.16. The maximum Gasteiger partial charge on any atom is 0.329 e. The summed E-state index contributed by atoms with van der Waals surface area (Å²) in [4.78, 5) is 41.4. The van der Waals surface area contributed by atoms with Crippen LogP contribution in [0, 0.1) is 17.8 Å². The van der Waals surface area contributed by atoms with Crippen LogP contribution in [-0.2, 0) is 24.0 Å². The van der Waals surface area contributed by atoms with Crippen molar-refractivity contribution in [3.8, 4) is 0 Å². The molecule has 1 aliphatic carbocycles. The summed E-state index contributed by atoms with van der Waals surface area (Å²) in [6.07, 6.45) is 5.75. The number of allylic oxidation sites excluding steroid dienone is 4. The predicted molar refractivity (Wildman–Crippen MR) is 91.3 cm³/mol. The van der Waals surface area contributed by atoms with Gasteiger partial charge in [0.05, 0.1) is 11.6 Å². The van der Waals surface area contributed by atoms with Crippen LogP contribution in [-0.4, -0.2) is 50.7 Å². The molecule has 2 heterocycles. The van der Waals surface area contributed by atoms with Crippen molar-refractivity contribution in [3.05, 3.63) is 23.9 Å². The van der Waals surface area contributed by atoms with Gasteiger partial charge in [-0.3, -0.25) is 19.7 Å². The fraction of sp³-hybridized carbons (Fsp3) is 0.611. The molecular weight excluding hydrogens is 356 g/mol. The van der Waals surface area contributed by atoms with E-state index in [0.29, 0.717) is 12.1 Å². The van der Waals surface area contributed by atoms with E-state index >= 15 is 0 Å². The number of carbonyl (C=O) groups excluding carboxylic acids is 2. The SMILES string of the molecule is CC(=O)ON1C2=CC=CCC2C2C(C(=O)OC(C)(C)C)C(C(=O)O)NC21O. The van der Waals surface area contributed by atoms with Gasteiger partial charge in [0, 0.05) is 18.8 Å². The van der Waals surface area contributed by atoms with E-state index in [1.807, 2.05) is 6.08 Å². The van der Waals surface area contributed by atoms with Gasteiger partial charge in [-0.1, -0.05) is 12.2 Å². The average molecular weight is 380 g/mol. The largest absolute Gasteiger partial charge is 0.480 e. The number of esters is 1. The second-order valence-corrected chi connectivity index (χ2v) is 8.01. The quantitative estimate of drug-likeness (QED) is 0.601. The van der Waals surface area contributed by atoms with E-state index < -0.39 is 53.2 Å². The minimum absolute atomic E-state index is 0.409. The lowest BCUT2D eigenvalue weighted by Crippen LogP contribution is -2.57. The van der Waals surface area contributed by atoms with Gasteiger partial charge in [-0.05, 0) is 33.3 Å². The third-order valence-electron chi connectivity index (χ3n) is 4.89. The maximum absolute atomic E-state index is 12.9. The number of rotatable bonds is 3. The Bertz CT molecular complexity index is 738. The van der Waals surface area contributed by atoms with Crippen molar-refractivity contribution in [3.63, 3.8) is 0 Å². The van der Waals surface area contributed by atoms with Crippen molar-refractivity contribution in [2.45, 2.75) is 51.6 Å². The Hall–Kier alpha value is -2.39. The van der Waals surface area contributed by atoms with E-state index in [0.717, 1.165) is 5.06 Å². The Labute approximate surface area is 156 Å². The molecule has 0 bridgehead atoms. The van der Waals surface area contributed by atoms with E-state index in [9.17, 15) is 24.6 Å². The van der Waals surface area contributed by atoms with Gasteiger partial charge in [-0.15, -0.1) is 0 Å². The van der Waals surface area contributed by atoms with Gasteiger partial charge in [0.2, 0.25) is 5.85 Å². The molecule has 5 atom stereocenters. The van der Waals surface area contributed by atoms with E-state index in [2.05, 4.69) is 5.32 Å². The third-order valence-corrected chi connectivity index (χ3v) is 4.89. The normalized spacial score (nSPS) is 34.6. The molecule has 3 rings (SSSR count). The number of ether oxygens (including phenoxy) is 1. The van der Waals surface area contributed by atoms with Crippen LogP contribution in [0.25, 0.3) is 0 Å². The number of nitrogens with zero attached hydrogens (tertiary/aromatic N) is 1. The van der Waals surface area contributed by atoms with Gasteiger partial charge >= 0.3 is 17.9 Å². The standard InChI is InChI=1S/C18H24N2O7/c1-9(21)27-20-11-8-6-5-7-10(11)13-12(16(24)26-17(2,3)4)14(15(22)23)19-18(13,20)25/h5-6,8,10,12-14,19,25H,7H2,1-4H3,(H,22,23). The Kier molecular flexibility index (Phi) is 4.55. The minimum Gasteiger partial charge on any atom is -0.480 e. The van der Waals surface area contributed by atoms with Gasteiger partial charge < -0.3 is 19.8 Å². The molecule has 0 radical (unpaired) electrons. The van der Waals surface area contributed by atoms with Crippen LogP contribution in [0.3, 0.4) is 0 Å². The predicted octanol–water partition coefficient (Wildman–Crippen LogP) is 0.517. The van der Waals surface area contributed by atoms with Gasteiger partial charge in [-0.2, -0.15) is 5.06 Å². The zero-order chi connectivity index (χ0) is 20.1. The Balaban J connectivity index is 2.06. The number of hydrogen-bond donors (Lipinski definition) is 3. The summed E-state index contributed by atoms with van der Waals surface area (Å²) in [5.41, 5.74) is -0.315. The highest BCUT2D eigenvalue weighted by atomic mass is 16.7. The molecule has 0 aromatic heterocycles. The number of carboxylic acid groups (broad SMARTS) is 1. The highest BCUT2D eigenvalue weighted by Crippen LogP contribution is 2.54. The molecule has 5 unspecified atom stereocenters. The maximum atomic E-state index is 12.9. The molecule has 2 fully saturated rings. The van der Waals surface area contributed by atoms with E-state index in [1.54, 1.807) is 32.9 Å². The van der Waals surface area contributed by atoms with E-state index in [4.69, 9.17) is 9.57 Å². The van der Waals surface area contributed by atoms with Crippen LogP contribution in [0.2, 0.25) is 0 Å². The van der Waals surface area contributed by atoms with Gasteiger partial charge in [0.15, 0.2) is 0 Å². The molecule has 3 aliphatic rings. The topological polar surface area (TPSA) is 125 Å². The summed E-state index contributed by atoms with van der Waals surface area (Å²) in [6, 6.07) is -1.39. The summed E-state index contributed by atoms with van der Waals surface area (Å²) in [5, 5.41) is 24.5. The number of aliphatic hydroxyl groups is 1. The van der Waals surface area contributed by atoms with Crippen molar-refractivity contribution in [2.24, 2.45) is 17.8 Å². The fourth-order valence-corrected chi connectivity index (χ4v) is 4.10. The lowest BCUT2D eigenvalue weighted by molar-refractivity contribution is -0.262. The number of hydroxylamine groups is 2. The van der Waals surface area contributed by atoms with Crippen LogP contribution in [0.15, 0.2) is 23.9 Å². The molecule has 0 amide bonds. The first-order chi connectivity index (χ1) is 12.5. The van der Waals surface area contributed by atoms with Crippen LogP contribution in [0.1, 0.15) is 34.1 Å². The second-order valence-electron chi connectivity index (χ2n) is 8.01. The highest BCUT2D eigenvalue weighted by molar-refractivity contribution is 5.85. The zero-order valence-corrected chi connectivity index (χ0v) is 15.6. The van der Waals surface area contributed by atoms with Crippen LogP contribution >= 0.6 is 0 Å². The van der Waals surface area contributed by atoms with E-state index in [1.165, 1.54) is 6.92 Å². The van der Waals surface area contributed by atoms with Gasteiger partial charge in [0.1, 0.15) is 11.6 Å². The van der Waals surface area contributed by atoms with Crippen molar-refractivity contribution in [1.29, 1.82) is 0 Å². The number of nitrogens with one attached hydrogen (secondary N) is 1. The van der Waals surface area contributed by atoms with Crippen molar-refractivity contribution >= 4 is 17.9 Å². The van der Waals surface area contributed by atoms with Gasteiger partial charge in [-0.25, -0.2) is 0 Å². The molecule has 2 saturated heterocycles. The Morgan fingerprint density at radius 3 is 2.56 bits per heavy atom. The number of fused-ring (bicyclic) bond motifs is 3. The van der Waals surface area contributed by atoms with Crippen molar-refractivity contribution in [1.82, 2.24) is 10.4 Å². The first kappa shape index (κ1) is 19.4. The van der Waals surface area contributed by atoms with E-state index in [-0.39, 0.29) is 0 Å². The molecule has 0 aromatic carbocycles. The minimum atomic E-state index is -2.03. The van der Waals surface area contributed by atoms with Crippen LogP contribution in [0.5, 0.6) is 0 Å². The Morgan fingerprint density at radius 2 is 2.00 bits per heavy atom. The molecule has 9 nitrogen and oxygen atoms in total. The lowest BCUT2D eigenvalue weighted by atomic mass is 9.77. The number of carbonyl (C=O) groups is 3. The number of aliphatic carboxylic acids is 1. The summed E-state index contributed by atoms with van der Waals surface area (Å²) >= 11 is 0. The zero-order valence-electron chi connectivity index (χ0n) is 15.6. The molecule has 27 heavy (non-hydrogen) atoms. The smallest absolute Gasteiger partial charge is 0.329 e. The average Bonchev–Trinajstić information content (AvgIpc) is 2.96. The molecular formula is C18H24N2O7. The molecule has 0 aromatic rings. The first-order valence-corrected chi connectivity index (χ1v) is 8.77. The molecule has 0 spiro atoms. The highest BCUT2D eigenvalue weighted by Gasteiger charge is 2.70. The molecule has 0 saturated carbocycles. The van der Waals surface area contributed by atoms with Crippen LogP contribution < -0.4 is 5.32 Å². The molecule has 9 heteroatoms.